The van der Waals surface area contributed by atoms with Gasteiger partial charge in [-0.15, -0.1) is 0 Å². The summed E-state index contributed by atoms with van der Waals surface area (Å²) < 4.78 is 10.5. The van der Waals surface area contributed by atoms with Crippen LogP contribution in [0.2, 0.25) is 0 Å². The van der Waals surface area contributed by atoms with Crippen molar-refractivity contribution in [3.63, 3.8) is 0 Å². The van der Waals surface area contributed by atoms with Crippen molar-refractivity contribution >= 4 is 0 Å². The molecule has 0 bridgehead atoms. The molecule has 0 aliphatic carbocycles. The Morgan fingerprint density at radius 3 is 2.41 bits per heavy atom. The molecular formula is C13H28N2O2. The topological polar surface area (TPSA) is 47.7 Å². The zero-order chi connectivity index (χ0) is 12.8. The van der Waals surface area contributed by atoms with Gasteiger partial charge in [-0.05, 0) is 32.2 Å². The molecule has 0 aromatic carbocycles. The van der Waals surface area contributed by atoms with Crippen molar-refractivity contribution in [1.29, 1.82) is 0 Å². The predicted molar refractivity (Wildman–Crippen MR) is 69.8 cm³/mol. The monoisotopic (exact) mass is 244 g/mol. The van der Waals surface area contributed by atoms with Crippen LogP contribution in [0, 0.1) is 5.92 Å². The minimum Gasteiger partial charge on any atom is -0.356 e. The van der Waals surface area contributed by atoms with Crippen molar-refractivity contribution in [2.75, 3.05) is 27.3 Å². The molecule has 1 aliphatic rings. The average molecular weight is 244 g/mol. The first kappa shape index (κ1) is 14.9. The van der Waals surface area contributed by atoms with E-state index in [1.165, 1.54) is 12.8 Å². The van der Waals surface area contributed by atoms with E-state index < -0.39 is 0 Å². The van der Waals surface area contributed by atoms with Gasteiger partial charge in [-0.25, -0.2) is 0 Å². The lowest BCUT2D eigenvalue weighted by Gasteiger charge is -2.42. The van der Waals surface area contributed by atoms with Crippen LogP contribution in [0.3, 0.4) is 0 Å². The molecule has 1 aliphatic heterocycles. The maximum absolute atomic E-state index is 5.91. The third-order valence-corrected chi connectivity index (χ3v) is 3.92. The number of ether oxygens (including phenoxy) is 2. The Balaban J connectivity index is 2.54. The number of hydrogen-bond acceptors (Lipinski definition) is 4. The molecule has 2 N–H and O–H groups in total. The molecule has 3 unspecified atom stereocenters. The Labute approximate surface area is 105 Å². The number of nitrogens with two attached hydrogens (primary N) is 1. The normalized spacial score (nSPS) is 28.6. The first-order valence-corrected chi connectivity index (χ1v) is 6.63. The van der Waals surface area contributed by atoms with Gasteiger partial charge in [-0.3, -0.25) is 4.90 Å². The van der Waals surface area contributed by atoms with Gasteiger partial charge >= 0.3 is 0 Å². The lowest BCUT2D eigenvalue weighted by atomic mass is 9.91. The summed E-state index contributed by atoms with van der Waals surface area (Å²) in [6.07, 6.45) is 3.24. The fourth-order valence-electron chi connectivity index (χ4n) is 2.85. The maximum atomic E-state index is 5.91. The molecule has 0 radical (unpaired) electrons. The summed E-state index contributed by atoms with van der Waals surface area (Å²) in [7, 11) is 3.37. The van der Waals surface area contributed by atoms with E-state index in [4.69, 9.17) is 15.2 Å². The summed E-state index contributed by atoms with van der Waals surface area (Å²) in [4.78, 5) is 2.52. The second-order valence-corrected chi connectivity index (χ2v) is 5.24. The predicted octanol–water partition coefficient (Wildman–Crippen LogP) is 1.44. The molecule has 0 aromatic rings. The van der Waals surface area contributed by atoms with Crippen molar-refractivity contribution < 1.29 is 9.47 Å². The van der Waals surface area contributed by atoms with Crippen LogP contribution < -0.4 is 5.73 Å². The summed E-state index contributed by atoms with van der Waals surface area (Å²) in [5, 5.41) is 0. The van der Waals surface area contributed by atoms with E-state index in [0.717, 1.165) is 18.9 Å². The van der Waals surface area contributed by atoms with Crippen LogP contribution in [0.15, 0.2) is 0 Å². The largest absolute Gasteiger partial charge is 0.356 e. The molecule has 1 saturated heterocycles. The van der Waals surface area contributed by atoms with Crippen LogP contribution in [0.4, 0.5) is 0 Å². The minimum absolute atomic E-state index is 0.143. The molecular weight excluding hydrogens is 216 g/mol. The van der Waals surface area contributed by atoms with Crippen molar-refractivity contribution in [3.05, 3.63) is 0 Å². The Hall–Kier alpha value is -0.160. The summed E-state index contributed by atoms with van der Waals surface area (Å²) in [5.41, 5.74) is 5.91. The van der Waals surface area contributed by atoms with E-state index in [0.29, 0.717) is 18.6 Å². The number of nitrogens with zero attached hydrogens (tertiary/aromatic N) is 1. The number of piperidine rings is 1. The highest BCUT2D eigenvalue weighted by Crippen LogP contribution is 2.25. The molecule has 0 amide bonds. The van der Waals surface area contributed by atoms with Gasteiger partial charge in [0.15, 0.2) is 6.29 Å². The Morgan fingerprint density at radius 1 is 1.29 bits per heavy atom. The van der Waals surface area contributed by atoms with Gasteiger partial charge in [0.25, 0.3) is 0 Å². The zero-order valence-corrected chi connectivity index (χ0v) is 11.7. The molecule has 17 heavy (non-hydrogen) atoms. The van der Waals surface area contributed by atoms with E-state index in [1.54, 1.807) is 14.2 Å². The van der Waals surface area contributed by atoms with Gasteiger partial charge in [0.1, 0.15) is 0 Å². The van der Waals surface area contributed by atoms with Crippen molar-refractivity contribution in [2.45, 2.75) is 51.5 Å². The standard InChI is InChI=1S/C13H28N2O2/c1-10-5-6-15(11(2)7-10)12(9-14)8-13(16-3)17-4/h10-13H,5-9,14H2,1-4H3. The smallest absolute Gasteiger partial charge is 0.158 e. The van der Waals surface area contributed by atoms with Crippen molar-refractivity contribution in [3.8, 4) is 0 Å². The number of rotatable bonds is 6. The summed E-state index contributed by atoms with van der Waals surface area (Å²) in [5.74, 6) is 0.834. The first-order valence-electron chi connectivity index (χ1n) is 6.63. The highest BCUT2D eigenvalue weighted by atomic mass is 16.7. The lowest BCUT2D eigenvalue weighted by molar-refractivity contribution is -0.119. The molecule has 1 heterocycles. The summed E-state index contributed by atoms with van der Waals surface area (Å²) >= 11 is 0. The summed E-state index contributed by atoms with van der Waals surface area (Å²) in [6.45, 7) is 6.44. The Bertz CT molecular complexity index is 210. The van der Waals surface area contributed by atoms with Gasteiger partial charge in [-0.2, -0.15) is 0 Å². The molecule has 4 nitrogen and oxygen atoms in total. The van der Waals surface area contributed by atoms with Gasteiger partial charge in [0.05, 0.1) is 0 Å². The number of hydrogen-bond donors (Lipinski definition) is 1. The third-order valence-electron chi connectivity index (χ3n) is 3.92. The highest BCUT2D eigenvalue weighted by molar-refractivity contribution is 4.83. The molecule has 1 rings (SSSR count). The molecule has 3 atom stereocenters. The minimum atomic E-state index is -0.143. The molecule has 1 fully saturated rings. The fraction of sp³-hybridized carbons (Fsp3) is 1.00. The van der Waals surface area contributed by atoms with Crippen LogP contribution in [0.1, 0.15) is 33.1 Å². The highest BCUT2D eigenvalue weighted by Gasteiger charge is 2.29. The van der Waals surface area contributed by atoms with Crippen LogP contribution >= 0.6 is 0 Å². The number of likely N-dealkylation sites (tertiary alicyclic amines) is 1. The SMILES string of the molecule is COC(CC(CN)N1CCC(C)CC1C)OC. The Kier molecular flexibility index (Phi) is 6.41. The quantitative estimate of drug-likeness (QED) is 0.718. The van der Waals surface area contributed by atoms with E-state index in [1.807, 2.05) is 0 Å². The first-order chi connectivity index (χ1) is 8.12. The van der Waals surface area contributed by atoms with Gasteiger partial charge in [0, 0.05) is 39.3 Å². The van der Waals surface area contributed by atoms with E-state index in [-0.39, 0.29) is 6.29 Å². The average Bonchev–Trinajstić information content (AvgIpc) is 2.32. The number of methoxy groups -OCH3 is 2. The van der Waals surface area contributed by atoms with Crippen molar-refractivity contribution in [2.24, 2.45) is 11.7 Å². The fourth-order valence-corrected chi connectivity index (χ4v) is 2.85. The van der Waals surface area contributed by atoms with Crippen molar-refractivity contribution in [1.82, 2.24) is 4.90 Å². The third kappa shape index (κ3) is 4.21. The van der Waals surface area contributed by atoms with Crippen LogP contribution in [-0.2, 0) is 9.47 Å². The van der Waals surface area contributed by atoms with Gasteiger partial charge in [0.2, 0.25) is 0 Å². The molecule has 4 heteroatoms. The van der Waals surface area contributed by atoms with Crippen LogP contribution in [0.5, 0.6) is 0 Å². The van der Waals surface area contributed by atoms with E-state index >= 15 is 0 Å². The maximum Gasteiger partial charge on any atom is 0.158 e. The second kappa shape index (κ2) is 7.31. The van der Waals surface area contributed by atoms with Crippen LogP contribution in [0.25, 0.3) is 0 Å². The lowest BCUT2D eigenvalue weighted by Crippen LogP contribution is -2.51. The van der Waals surface area contributed by atoms with E-state index in [9.17, 15) is 0 Å². The van der Waals surface area contributed by atoms with Gasteiger partial charge < -0.3 is 15.2 Å². The van der Waals surface area contributed by atoms with Gasteiger partial charge in [-0.1, -0.05) is 6.92 Å². The molecule has 0 spiro atoms. The molecule has 0 aromatic heterocycles. The zero-order valence-electron chi connectivity index (χ0n) is 11.7. The van der Waals surface area contributed by atoms with Crippen LogP contribution in [-0.4, -0.2) is 50.6 Å². The molecule has 102 valence electrons. The van der Waals surface area contributed by atoms with E-state index in [2.05, 4.69) is 18.7 Å². The summed E-state index contributed by atoms with van der Waals surface area (Å²) in [6, 6.07) is 0.976. The molecule has 0 saturated carbocycles. The second-order valence-electron chi connectivity index (χ2n) is 5.24. The Morgan fingerprint density at radius 2 is 1.94 bits per heavy atom.